The summed E-state index contributed by atoms with van der Waals surface area (Å²) in [5, 5.41) is 8.83. The Hall–Kier alpha value is -1.82. The van der Waals surface area contributed by atoms with Crippen molar-refractivity contribution in [2.45, 2.75) is 66.2 Å². The maximum absolute atomic E-state index is 13.4. The molecule has 2 aromatic heterocycles. The molecule has 2 aromatic rings. The number of hydrogen-bond acceptors (Lipinski definition) is 4. The first-order valence-corrected chi connectivity index (χ1v) is 11.4. The quantitative estimate of drug-likeness (QED) is 0.626. The van der Waals surface area contributed by atoms with E-state index in [2.05, 4.69) is 31.0 Å². The van der Waals surface area contributed by atoms with Gasteiger partial charge in [0.1, 0.15) is 27.9 Å². The van der Waals surface area contributed by atoms with Gasteiger partial charge in [-0.2, -0.15) is 5.10 Å². The van der Waals surface area contributed by atoms with E-state index in [1.165, 1.54) is 36.8 Å². The molecule has 4 rings (SSSR count). The number of likely N-dealkylation sites (tertiary alicyclic amines) is 1. The smallest absolute Gasteiger partial charge is 0.259 e. The SMILES string of the molecule is Cc1cc(-c2nn(C)c(Cl)c2C(=O)N2CCC3(CC(CCCC(C)(C)C)C3)C2)no1. The number of carbonyl (C=O) groups is 1. The van der Waals surface area contributed by atoms with Crippen LogP contribution in [-0.4, -0.2) is 38.8 Å². The van der Waals surface area contributed by atoms with Gasteiger partial charge in [-0.05, 0) is 49.4 Å². The van der Waals surface area contributed by atoms with Gasteiger partial charge in [-0.3, -0.25) is 9.48 Å². The lowest BCUT2D eigenvalue weighted by molar-refractivity contribution is 0.0484. The van der Waals surface area contributed by atoms with E-state index in [0.29, 0.717) is 38.7 Å². The molecule has 6 nitrogen and oxygen atoms in total. The second-order valence-electron chi connectivity index (χ2n) is 10.7. The van der Waals surface area contributed by atoms with E-state index in [0.717, 1.165) is 25.4 Å². The number of aryl methyl sites for hydroxylation is 2. The summed E-state index contributed by atoms with van der Waals surface area (Å²) in [6, 6.07) is 1.79. The summed E-state index contributed by atoms with van der Waals surface area (Å²) in [6.45, 7) is 10.4. The fourth-order valence-corrected chi connectivity index (χ4v) is 5.45. The standard InChI is InChI=1S/C23H33ClN4O2/c1-15-11-17(26-30-15)19-18(20(24)27(5)25-19)21(29)28-10-9-23(14-28)12-16(13-23)7-6-8-22(2,3)4/h11,16H,6-10,12-14H2,1-5H3. The highest BCUT2D eigenvalue weighted by atomic mass is 35.5. The van der Waals surface area contributed by atoms with Gasteiger partial charge in [0.05, 0.1) is 0 Å². The Bertz CT molecular complexity index is 934. The number of carbonyl (C=O) groups excluding carboxylic acids is 1. The zero-order valence-electron chi connectivity index (χ0n) is 18.8. The number of aromatic nitrogens is 3. The Labute approximate surface area is 183 Å². The molecule has 0 radical (unpaired) electrons. The second kappa shape index (κ2) is 7.70. The van der Waals surface area contributed by atoms with E-state index in [-0.39, 0.29) is 5.91 Å². The Kier molecular flexibility index (Phi) is 5.50. The monoisotopic (exact) mass is 432 g/mol. The summed E-state index contributed by atoms with van der Waals surface area (Å²) in [5.41, 5.74) is 2.21. The highest BCUT2D eigenvalue weighted by molar-refractivity contribution is 6.33. The van der Waals surface area contributed by atoms with Crippen molar-refractivity contribution < 1.29 is 9.32 Å². The molecule has 1 amide bonds. The van der Waals surface area contributed by atoms with Crippen LogP contribution in [-0.2, 0) is 7.05 Å². The largest absolute Gasteiger partial charge is 0.361 e. The first-order chi connectivity index (χ1) is 14.1. The molecule has 1 saturated carbocycles. The number of nitrogens with zero attached hydrogens (tertiary/aromatic N) is 4. The molecule has 1 spiro atoms. The highest BCUT2D eigenvalue weighted by Crippen LogP contribution is 2.53. The van der Waals surface area contributed by atoms with Crippen molar-refractivity contribution in [1.29, 1.82) is 0 Å². The summed E-state index contributed by atoms with van der Waals surface area (Å²) in [6.07, 6.45) is 7.49. The summed E-state index contributed by atoms with van der Waals surface area (Å²) >= 11 is 6.47. The number of amides is 1. The predicted molar refractivity (Wildman–Crippen MR) is 117 cm³/mol. The lowest BCUT2D eigenvalue weighted by Gasteiger charge is -2.45. The van der Waals surface area contributed by atoms with Crippen molar-refractivity contribution in [2.24, 2.45) is 23.8 Å². The molecule has 0 bridgehead atoms. The molecule has 3 heterocycles. The number of halogens is 1. The van der Waals surface area contributed by atoms with Crippen molar-refractivity contribution in [3.63, 3.8) is 0 Å². The maximum atomic E-state index is 13.4. The molecule has 0 unspecified atom stereocenters. The maximum Gasteiger partial charge on any atom is 0.259 e. The van der Waals surface area contributed by atoms with Crippen LogP contribution in [0.2, 0.25) is 5.15 Å². The van der Waals surface area contributed by atoms with Crippen LogP contribution in [0.15, 0.2) is 10.6 Å². The van der Waals surface area contributed by atoms with Crippen molar-refractivity contribution in [3.05, 3.63) is 22.5 Å². The van der Waals surface area contributed by atoms with Crippen molar-refractivity contribution in [3.8, 4) is 11.4 Å². The third-order valence-electron chi connectivity index (χ3n) is 6.77. The van der Waals surface area contributed by atoms with Crippen molar-refractivity contribution in [1.82, 2.24) is 19.8 Å². The molecule has 0 atom stereocenters. The van der Waals surface area contributed by atoms with Gasteiger partial charge in [-0.1, -0.05) is 50.4 Å². The molecule has 0 N–H and O–H groups in total. The first-order valence-electron chi connectivity index (χ1n) is 11.0. The summed E-state index contributed by atoms with van der Waals surface area (Å²) in [7, 11) is 1.75. The van der Waals surface area contributed by atoms with Gasteiger partial charge in [0, 0.05) is 26.2 Å². The van der Waals surface area contributed by atoms with Crippen LogP contribution in [0.5, 0.6) is 0 Å². The van der Waals surface area contributed by atoms with E-state index >= 15 is 0 Å². The van der Waals surface area contributed by atoms with Gasteiger partial charge < -0.3 is 9.42 Å². The zero-order valence-corrected chi connectivity index (χ0v) is 19.6. The Balaban J connectivity index is 1.41. The van der Waals surface area contributed by atoms with Crippen LogP contribution in [0.1, 0.15) is 75.4 Å². The van der Waals surface area contributed by atoms with E-state index in [4.69, 9.17) is 16.1 Å². The number of rotatable bonds is 5. The molecule has 2 aliphatic rings. The molecule has 164 valence electrons. The van der Waals surface area contributed by atoms with Crippen LogP contribution < -0.4 is 0 Å². The third-order valence-corrected chi connectivity index (χ3v) is 7.20. The average molecular weight is 433 g/mol. The van der Waals surface area contributed by atoms with Gasteiger partial charge in [0.15, 0.2) is 0 Å². The van der Waals surface area contributed by atoms with E-state index < -0.39 is 0 Å². The van der Waals surface area contributed by atoms with Gasteiger partial charge in [0.2, 0.25) is 0 Å². The molecule has 0 aromatic carbocycles. The molecule has 7 heteroatoms. The minimum Gasteiger partial charge on any atom is -0.361 e. The number of hydrogen-bond donors (Lipinski definition) is 0. The van der Waals surface area contributed by atoms with Crippen LogP contribution >= 0.6 is 11.6 Å². The second-order valence-corrected chi connectivity index (χ2v) is 11.0. The van der Waals surface area contributed by atoms with Crippen LogP contribution in [0, 0.1) is 23.7 Å². The Morgan fingerprint density at radius 2 is 2.10 bits per heavy atom. The Morgan fingerprint density at radius 3 is 2.73 bits per heavy atom. The minimum absolute atomic E-state index is 0.0446. The summed E-state index contributed by atoms with van der Waals surface area (Å²) in [4.78, 5) is 15.4. The van der Waals surface area contributed by atoms with Crippen LogP contribution in [0.4, 0.5) is 0 Å². The molecule has 1 saturated heterocycles. The van der Waals surface area contributed by atoms with Crippen molar-refractivity contribution >= 4 is 17.5 Å². The minimum atomic E-state index is -0.0446. The fraction of sp³-hybridized carbons (Fsp3) is 0.696. The van der Waals surface area contributed by atoms with Gasteiger partial charge in [-0.15, -0.1) is 0 Å². The summed E-state index contributed by atoms with van der Waals surface area (Å²) < 4.78 is 6.72. The lowest BCUT2D eigenvalue weighted by atomic mass is 9.60. The molecular weight excluding hydrogens is 400 g/mol. The normalized spacial score (nSPS) is 23.9. The molecule has 1 aliphatic heterocycles. The topological polar surface area (TPSA) is 64.2 Å². The van der Waals surface area contributed by atoms with Gasteiger partial charge >= 0.3 is 0 Å². The summed E-state index contributed by atoms with van der Waals surface area (Å²) in [5.74, 6) is 1.45. The van der Waals surface area contributed by atoms with E-state index in [1.54, 1.807) is 13.1 Å². The van der Waals surface area contributed by atoms with Crippen molar-refractivity contribution in [2.75, 3.05) is 13.1 Å². The molecule has 1 aliphatic carbocycles. The predicted octanol–water partition coefficient (Wildman–Crippen LogP) is 5.50. The molecule has 2 fully saturated rings. The zero-order chi connectivity index (χ0) is 21.7. The van der Waals surface area contributed by atoms with E-state index in [9.17, 15) is 4.79 Å². The van der Waals surface area contributed by atoms with Gasteiger partial charge in [-0.25, -0.2) is 0 Å². The fourth-order valence-electron chi connectivity index (χ4n) is 5.24. The molecule has 30 heavy (non-hydrogen) atoms. The average Bonchev–Trinajstić information content (AvgIpc) is 3.32. The van der Waals surface area contributed by atoms with Gasteiger partial charge in [0.25, 0.3) is 5.91 Å². The lowest BCUT2D eigenvalue weighted by Crippen LogP contribution is -2.41. The third kappa shape index (κ3) is 4.16. The van der Waals surface area contributed by atoms with E-state index in [1.807, 2.05) is 11.8 Å². The first kappa shape index (κ1) is 21.4. The van der Waals surface area contributed by atoms with Crippen LogP contribution in [0.25, 0.3) is 11.4 Å². The Morgan fingerprint density at radius 1 is 1.37 bits per heavy atom. The highest BCUT2D eigenvalue weighted by Gasteiger charge is 2.49. The molecular formula is C23H33ClN4O2. The van der Waals surface area contributed by atoms with Crippen LogP contribution in [0.3, 0.4) is 0 Å².